The normalized spacial score (nSPS) is 12.9. The Morgan fingerprint density at radius 1 is 1.33 bits per heavy atom. The zero-order valence-electron chi connectivity index (χ0n) is 9.33. The maximum absolute atomic E-state index is 9.16. The molecular weight excluding hydrogens is 212 g/mol. The van der Waals surface area contributed by atoms with Crippen molar-refractivity contribution >= 4 is 11.6 Å². The molecule has 84 valence electrons. The van der Waals surface area contributed by atoms with Crippen LogP contribution in [0.4, 0.5) is 0 Å². The number of hydrogen-bond donors (Lipinski definition) is 1. The van der Waals surface area contributed by atoms with Crippen molar-refractivity contribution in [1.29, 1.82) is 0 Å². The van der Waals surface area contributed by atoms with Crippen LogP contribution in [0.3, 0.4) is 0 Å². The SMILES string of the molecule is CC(C)[C@H](C)Oc1ccc(Cl)cc1CO. The Labute approximate surface area is 95.8 Å². The topological polar surface area (TPSA) is 29.5 Å². The van der Waals surface area contributed by atoms with Gasteiger partial charge in [0.2, 0.25) is 0 Å². The van der Waals surface area contributed by atoms with Crippen LogP contribution in [0, 0.1) is 5.92 Å². The van der Waals surface area contributed by atoms with Gasteiger partial charge in [-0.2, -0.15) is 0 Å². The number of aliphatic hydroxyl groups is 1. The average Bonchev–Trinajstić information content (AvgIpc) is 2.20. The monoisotopic (exact) mass is 228 g/mol. The first-order chi connectivity index (χ1) is 7.04. The maximum atomic E-state index is 9.16. The molecule has 0 aliphatic rings. The largest absolute Gasteiger partial charge is 0.490 e. The number of ether oxygens (including phenoxy) is 1. The Kier molecular flexibility index (Phi) is 4.43. The Morgan fingerprint density at radius 2 is 2.00 bits per heavy atom. The second-order valence-corrected chi connectivity index (χ2v) is 4.41. The van der Waals surface area contributed by atoms with Crippen molar-refractivity contribution in [3.05, 3.63) is 28.8 Å². The molecule has 0 unspecified atom stereocenters. The van der Waals surface area contributed by atoms with E-state index in [2.05, 4.69) is 13.8 Å². The predicted octanol–water partition coefficient (Wildman–Crippen LogP) is 3.26. The summed E-state index contributed by atoms with van der Waals surface area (Å²) in [5.74, 6) is 1.15. The molecular formula is C12H17ClO2. The smallest absolute Gasteiger partial charge is 0.125 e. The van der Waals surface area contributed by atoms with E-state index < -0.39 is 0 Å². The van der Waals surface area contributed by atoms with E-state index in [-0.39, 0.29) is 12.7 Å². The molecule has 2 nitrogen and oxygen atoms in total. The van der Waals surface area contributed by atoms with Crippen LogP contribution in [0.15, 0.2) is 18.2 Å². The van der Waals surface area contributed by atoms with Gasteiger partial charge in [0.1, 0.15) is 5.75 Å². The third-order valence-corrected chi connectivity index (χ3v) is 2.68. The standard InChI is InChI=1S/C12H17ClO2/c1-8(2)9(3)15-12-5-4-11(13)6-10(12)7-14/h4-6,8-9,14H,7H2,1-3H3/t9-/m0/s1. The second kappa shape index (κ2) is 5.38. The highest BCUT2D eigenvalue weighted by Crippen LogP contribution is 2.25. The Bertz CT molecular complexity index is 323. The van der Waals surface area contributed by atoms with E-state index in [0.717, 1.165) is 5.56 Å². The van der Waals surface area contributed by atoms with Gasteiger partial charge < -0.3 is 9.84 Å². The van der Waals surface area contributed by atoms with Crippen molar-refractivity contribution in [1.82, 2.24) is 0 Å². The van der Waals surface area contributed by atoms with Gasteiger partial charge in [-0.1, -0.05) is 25.4 Å². The molecule has 1 atom stereocenters. The Balaban J connectivity index is 2.84. The average molecular weight is 229 g/mol. The van der Waals surface area contributed by atoms with Crippen molar-refractivity contribution in [2.45, 2.75) is 33.5 Å². The lowest BCUT2D eigenvalue weighted by Crippen LogP contribution is -2.19. The van der Waals surface area contributed by atoms with Crippen LogP contribution in [0.25, 0.3) is 0 Å². The first kappa shape index (κ1) is 12.3. The summed E-state index contributed by atoms with van der Waals surface area (Å²) in [4.78, 5) is 0. The molecule has 0 aliphatic heterocycles. The lowest BCUT2D eigenvalue weighted by atomic mass is 10.1. The molecule has 1 rings (SSSR count). The van der Waals surface area contributed by atoms with Crippen LogP contribution in [-0.4, -0.2) is 11.2 Å². The highest BCUT2D eigenvalue weighted by molar-refractivity contribution is 6.30. The van der Waals surface area contributed by atoms with Gasteiger partial charge in [-0.3, -0.25) is 0 Å². The van der Waals surface area contributed by atoms with Crippen LogP contribution >= 0.6 is 11.6 Å². The summed E-state index contributed by atoms with van der Waals surface area (Å²) in [6.45, 7) is 6.15. The van der Waals surface area contributed by atoms with E-state index in [1.165, 1.54) is 0 Å². The fourth-order valence-corrected chi connectivity index (χ4v) is 1.32. The molecule has 0 saturated heterocycles. The third-order valence-electron chi connectivity index (χ3n) is 2.44. The highest BCUT2D eigenvalue weighted by atomic mass is 35.5. The van der Waals surface area contributed by atoms with E-state index in [0.29, 0.717) is 16.7 Å². The van der Waals surface area contributed by atoms with E-state index in [1.54, 1.807) is 18.2 Å². The first-order valence-electron chi connectivity index (χ1n) is 5.10. The summed E-state index contributed by atoms with van der Waals surface area (Å²) >= 11 is 5.83. The molecule has 0 heterocycles. The molecule has 0 saturated carbocycles. The summed E-state index contributed by atoms with van der Waals surface area (Å²) in [6, 6.07) is 5.29. The van der Waals surface area contributed by atoms with Gasteiger partial charge in [0.15, 0.2) is 0 Å². The molecule has 0 bridgehead atoms. The summed E-state index contributed by atoms with van der Waals surface area (Å²) in [6.07, 6.45) is 0.122. The second-order valence-electron chi connectivity index (χ2n) is 3.98. The minimum atomic E-state index is -0.0549. The molecule has 0 fully saturated rings. The Hall–Kier alpha value is -0.730. The molecule has 0 radical (unpaired) electrons. The van der Waals surface area contributed by atoms with Crippen LogP contribution in [0.1, 0.15) is 26.3 Å². The van der Waals surface area contributed by atoms with Crippen molar-refractivity contribution < 1.29 is 9.84 Å². The number of hydrogen-bond acceptors (Lipinski definition) is 2. The zero-order chi connectivity index (χ0) is 11.4. The van der Waals surface area contributed by atoms with Gasteiger partial charge in [0, 0.05) is 10.6 Å². The molecule has 1 N–H and O–H groups in total. The van der Waals surface area contributed by atoms with Gasteiger partial charge >= 0.3 is 0 Å². The number of aliphatic hydroxyl groups excluding tert-OH is 1. The van der Waals surface area contributed by atoms with E-state index in [1.807, 2.05) is 6.92 Å². The minimum absolute atomic E-state index is 0.0549. The molecule has 3 heteroatoms. The number of halogens is 1. The van der Waals surface area contributed by atoms with Gasteiger partial charge in [0.25, 0.3) is 0 Å². The lowest BCUT2D eigenvalue weighted by Gasteiger charge is -2.19. The summed E-state index contributed by atoms with van der Waals surface area (Å²) in [7, 11) is 0. The molecule has 15 heavy (non-hydrogen) atoms. The van der Waals surface area contributed by atoms with Crippen molar-refractivity contribution in [2.75, 3.05) is 0 Å². The van der Waals surface area contributed by atoms with Crippen molar-refractivity contribution in [3.8, 4) is 5.75 Å². The molecule has 0 aliphatic carbocycles. The predicted molar refractivity (Wildman–Crippen MR) is 62.3 cm³/mol. The maximum Gasteiger partial charge on any atom is 0.125 e. The van der Waals surface area contributed by atoms with Crippen molar-refractivity contribution in [2.24, 2.45) is 5.92 Å². The quantitative estimate of drug-likeness (QED) is 0.857. The summed E-state index contributed by atoms with van der Waals surface area (Å²) < 4.78 is 5.73. The summed E-state index contributed by atoms with van der Waals surface area (Å²) in [5, 5.41) is 9.77. The minimum Gasteiger partial charge on any atom is -0.490 e. The lowest BCUT2D eigenvalue weighted by molar-refractivity contribution is 0.164. The van der Waals surface area contributed by atoms with Crippen molar-refractivity contribution in [3.63, 3.8) is 0 Å². The molecule has 1 aromatic rings. The van der Waals surface area contributed by atoms with Gasteiger partial charge in [-0.15, -0.1) is 0 Å². The first-order valence-corrected chi connectivity index (χ1v) is 5.48. The third kappa shape index (κ3) is 3.40. The molecule has 0 amide bonds. The van der Waals surface area contributed by atoms with Gasteiger partial charge in [-0.05, 0) is 31.0 Å². The van der Waals surface area contributed by atoms with Crippen LogP contribution in [-0.2, 0) is 6.61 Å². The van der Waals surface area contributed by atoms with Crippen LogP contribution in [0.5, 0.6) is 5.75 Å². The number of benzene rings is 1. The van der Waals surface area contributed by atoms with Crippen LogP contribution in [0.2, 0.25) is 5.02 Å². The highest BCUT2D eigenvalue weighted by Gasteiger charge is 2.11. The molecule has 0 aromatic heterocycles. The van der Waals surface area contributed by atoms with E-state index in [4.69, 9.17) is 21.4 Å². The van der Waals surface area contributed by atoms with Crippen LogP contribution < -0.4 is 4.74 Å². The van der Waals surface area contributed by atoms with Gasteiger partial charge in [0.05, 0.1) is 12.7 Å². The fourth-order valence-electron chi connectivity index (χ4n) is 1.12. The Morgan fingerprint density at radius 3 is 2.53 bits per heavy atom. The summed E-state index contributed by atoms with van der Waals surface area (Å²) in [5.41, 5.74) is 0.731. The van der Waals surface area contributed by atoms with Gasteiger partial charge in [-0.25, -0.2) is 0 Å². The molecule has 1 aromatic carbocycles. The van der Waals surface area contributed by atoms with E-state index >= 15 is 0 Å². The number of rotatable bonds is 4. The fraction of sp³-hybridized carbons (Fsp3) is 0.500. The molecule has 0 spiro atoms. The zero-order valence-corrected chi connectivity index (χ0v) is 10.1. The van der Waals surface area contributed by atoms with E-state index in [9.17, 15) is 0 Å².